The molecular formula is C11H22N2O. The van der Waals surface area contributed by atoms with Crippen LogP contribution >= 0.6 is 0 Å². The van der Waals surface area contributed by atoms with Crippen molar-refractivity contribution in [3.8, 4) is 0 Å². The van der Waals surface area contributed by atoms with E-state index in [-0.39, 0.29) is 5.60 Å². The smallest absolute Gasteiger partial charge is 0.0670 e. The molecule has 0 unspecified atom stereocenters. The third-order valence-corrected chi connectivity index (χ3v) is 3.76. The average Bonchev–Trinajstić information content (AvgIpc) is 2.19. The highest BCUT2D eigenvalue weighted by Crippen LogP contribution is 2.34. The topological polar surface area (TPSA) is 33.3 Å². The molecule has 2 rings (SSSR count). The lowest BCUT2D eigenvalue weighted by atomic mass is 9.78. The van der Waals surface area contributed by atoms with Crippen LogP contribution in [0, 0.1) is 0 Å². The fourth-order valence-electron chi connectivity index (χ4n) is 2.68. The second-order valence-corrected chi connectivity index (χ2v) is 4.96. The van der Waals surface area contributed by atoms with Crippen LogP contribution in [-0.2, 0) is 4.74 Å². The lowest BCUT2D eigenvalue weighted by Crippen LogP contribution is -2.64. The fourth-order valence-corrected chi connectivity index (χ4v) is 2.68. The summed E-state index contributed by atoms with van der Waals surface area (Å²) in [6.07, 6.45) is 3.40. The summed E-state index contributed by atoms with van der Waals surface area (Å²) in [6.45, 7) is 8.66. The first-order valence-corrected chi connectivity index (χ1v) is 5.78. The maximum Gasteiger partial charge on any atom is 0.0670 e. The van der Waals surface area contributed by atoms with Crippen LogP contribution in [0.25, 0.3) is 0 Å². The summed E-state index contributed by atoms with van der Waals surface area (Å²) in [5.41, 5.74) is 0.394. The lowest BCUT2D eigenvalue weighted by Gasteiger charge is -2.48. The Hall–Kier alpha value is -0.120. The lowest BCUT2D eigenvalue weighted by molar-refractivity contribution is -0.103. The van der Waals surface area contributed by atoms with Gasteiger partial charge in [0.15, 0.2) is 0 Å². The molecule has 3 nitrogen and oxygen atoms in total. The van der Waals surface area contributed by atoms with E-state index in [9.17, 15) is 0 Å². The van der Waals surface area contributed by atoms with Crippen LogP contribution in [0.5, 0.6) is 0 Å². The van der Waals surface area contributed by atoms with E-state index in [1.54, 1.807) is 0 Å². The Morgan fingerprint density at radius 3 is 2.86 bits per heavy atom. The van der Waals surface area contributed by atoms with Crippen LogP contribution in [0.1, 0.15) is 33.1 Å². The number of piperazine rings is 1. The molecule has 0 aromatic rings. The van der Waals surface area contributed by atoms with Crippen LogP contribution < -0.4 is 10.6 Å². The van der Waals surface area contributed by atoms with E-state index < -0.39 is 0 Å². The largest absolute Gasteiger partial charge is 0.375 e. The van der Waals surface area contributed by atoms with Crippen LogP contribution in [0.3, 0.4) is 0 Å². The molecule has 0 aromatic heterocycles. The molecule has 3 heteroatoms. The zero-order chi connectivity index (χ0) is 10.1. The van der Waals surface area contributed by atoms with Crippen LogP contribution in [0.15, 0.2) is 0 Å². The Bertz CT molecular complexity index is 196. The minimum atomic E-state index is 0.0876. The van der Waals surface area contributed by atoms with Gasteiger partial charge in [-0.05, 0) is 26.2 Å². The summed E-state index contributed by atoms with van der Waals surface area (Å²) >= 11 is 0. The molecule has 2 atom stereocenters. The van der Waals surface area contributed by atoms with Crippen molar-refractivity contribution >= 4 is 0 Å². The van der Waals surface area contributed by atoms with E-state index in [1.165, 1.54) is 0 Å². The summed E-state index contributed by atoms with van der Waals surface area (Å²) in [6, 6.07) is 0. The molecule has 14 heavy (non-hydrogen) atoms. The predicted molar refractivity (Wildman–Crippen MR) is 57.5 cm³/mol. The van der Waals surface area contributed by atoms with Gasteiger partial charge in [-0.15, -0.1) is 0 Å². The Morgan fingerprint density at radius 2 is 2.21 bits per heavy atom. The van der Waals surface area contributed by atoms with Crippen molar-refractivity contribution in [2.45, 2.75) is 44.2 Å². The number of rotatable bonds is 1. The molecule has 1 spiro atoms. The summed E-state index contributed by atoms with van der Waals surface area (Å²) in [7, 11) is 0. The molecule has 0 bridgehead atoms. The van der Waals surface area contributed by atoms with Gasteiger partial charge < -0.3 is 15.4 Å². The fraction of sp³-hybridized carbons (Fsp3) is 1.00. The summed E-state index contributed by atoms with van der Waals surface area (Å²) in [4.78, 5) is 0. The van der Waals surface area contributed by atoms with E-state index in [1.807, 2.05) is 0 Å². The van der Waals surface area contributed by atoms with Gasteiger partial charge in [-0.1, -0.05) is 6.92 Å². The van der Waals surface area contributed by atoms with Crippen molar-refractivity contribution in [3.63, 3.8) is 0 Å². The van der Waals surface area contributed by atoms with E-state index in [4.69, 9.17) is 4.74 Å². The highest BCUT2D eigenvalue weighted by Gasteiger charge is 2.42. The van der Waals surface area contributed by atoms with Gasteiger partial charge in [0.1, 0.15) is 0 Å². The Labute approximate surface area is 86.6 Å². The van der Waals surface area contributed by atoms with Gasteiger partial charge >= 0.3 is 0 Å². The normalized spacial score (nSPS) is 44.1. The molecule has 2 heterocycles. The van der Waals surface area contributed by atoms with Gasteiger partial charge in [0, 0.05) is 31.8 Å². The molecule has 2 N–H and O–H groups in total. The molecule has 0 amide bonds. The van der Waals surface area contributed by atoms with Gasteiger partial charge in [0.05, 0.1) is 5.60 Å². The zero-order valence-corrected chi connectivity index (χ0v) is 9.36. The summed E-state index contributed by atoms with van der Waals surface area (Å²) < 4.78 is 5.87. The molecule has 0 saturated carbocycles. The van der Waals surface area contributed by atoms with Crippen molar-refractivity contribution in [1.82, 2.24) is 10.6 Å². The molecule has 82 valence electrons. The number of nitrogens with one attached hydrogen (secondary N) is 2. The second kappa shape index (κ2) is 3.80. The highest BCUT2D eigenvalue weighted by atomic mass is 16.5. The Kier molecular flexibility index (Phi) is 2.82. The maximum atomic E-state index is 5.87. The molecule has 2 aliphatic heterocycles. The number of ether oxygens (including phenoxy) is 1. The number of hydrogen-bond donors (Lipinski definition) is 2. The van der Waals surface area contributed by atoms with E-state index in [2.05, 4.69) is 24.5 Å². The predicted octanol–water partition coefficient (Wildman–Crippen LogP) is 0.897. The van der Waals surface area contributed by atoms with Gasteiger partial charge in [-0.2, -0.15) is 0 Å². The van der Waals surface area contributed by atoms with E-state index in [0.717, 1.165) is 45.5 Å². The van der Waals surface area contributed by atoms with Crippen LogP contribution in [0.4, 0.5) is 0 Å². The summed E-state index contributed by atoms with van der Waals surface area (Å²) in [5.74, 6) is 0. The molecular weight excluding hydrogens is 176 g/mol. The third-order valence-electron chi connectivity index (χ3n) is 3.76. The molecule has 0 radical (unpaired) electrons. The van der Waals surface area contributed by atoms with E-state index in [0.29, 0.717) is 5.54 Å². The zero-order valence-electron chi connectivity index (χ0n) is 9.36. The first kappa shape index (κ1) is 10.4. The SMILES string of the molecule is CC[C@]1(C)C[C@]2(CCO1)CNCCN2. The van der Waals surface area contributed by atoms with Gasteiger partial charge in [0.25, 0.3) is 0 Å². The van der Waals surface area contributed by atoms with Crippen LogP contribution in [-0.4, -0.2) is 37.4 Å². The monoisotopic (exact) mass is 198 g/mol. The highest BCUT2D eigenvalue weighted by molar-refractivity contribution is 5.01. The number of hydrogen-bond acceptors (Lipinski definition) is 3. The van der Waals surface area contributed by atoms with E-state index >= 15 is 0 Å². The molecule has 2 aliphatic rings. The van der Waals surface area contributed by atoms with Crippen molar-refractivity contribution in [1.29, 1.82) is 0 Å². The third kappa shape index (κ3) is 1.95. The van der Waals surface area contributed by atoms with Gasteiger partial charge in [-0.25, -0.2) is 0 Å². The second-order valence-electron chi connectivity index (χ2n) is 4.96. The first-order valence-electron chi connectivity index (χ1n) is 5.78. The van der Waals surface area contributed by atoms with Crippen molar-refractivity contribution in [3.05, 3.63) is 0 Å². The minimum Gasteiger partial charge on any atom is -0.375 e. The first-order chi connectivity index (χ1) is 6.68. The summed E-state index contributed by atoms with van der Waals surface area (Å²) in [5, 5.41) is 7.17. The van der Waals surface area contributed by atoms with Crippen molar-refractivity contribution in [2.24, 2.45) is 0 Å². The van der Waals surface area contributed by atoms with Gasteiger partial charge in [-0.3, -0.25) is 0 Å². The van der Waals surface area contributed by atoms with Crippen molar-refractivity contribution < 1.29 is 4.74 Å². The standard InChI is InChI=1S/C11H22N2O/c1-3-10(2)8-11(4-7-14-10)9-12-5-6-13-11/h12-13H,3-9H2,1-2H3/t10-,11-/m1/s1. The molecule has 0 aromatic carbocycles. The molecule has 0 aliphatic carbocycles. The molecule has 2 fully saturated rings. The maximum absolute atomic E-state index is 5.87. The Morgan fingerprint density at radius 1 is 1.36 bits per heavy atom. The van der Waals surface area contributed by atoms with Crippen molar-refractivity contribution in [2.75, 3.05) is 26.2 Å². The minimum absolute atomic E-state index is 0.0876. The Balaban J connectivity index is 2.04. The molecule has 2 saturated heterocycles. The van der Waals surface area contributed by atoms with Gasteiger partial charge in [0.2, 0.25) is 0 Å². The van der Waals surface area contributed by atoms with Crippen LogP contribution in [0.2, 0.25) is 0 Å². The average molecular weight is 198 g/mol. The quantitative estimate of drug-likeness (QED) is 0.657.